The van der Waals surface area contributed by atoms with Crippen molar-refractivity contribution in [2.24, 2.45) is 5.73 Å². The highest BCUT2D eigenvalue weighted by Crippen LogP contribution is 2.21. The molecule has 1 aromatic carbocycles. The van der Waals surface area contributed by atoms with Gasteiger partial charge in [0.25, 0.3) is 0 Å². The Morgan fingerprint density at radius 1 is 1.33 bits per heavy atom. The fourth-order valence-electron chi connectivity index (χ4n) is 0.997. The second kappa shape index (κ2) is 6.05. The normalized spacial score (nSPS) is 12.8. The lowest BCUT2D eigenvalue weighted by atomic mass is 10.3. The maximum absolute atomic E-state index is 12.8. The summed E-state index contributed by atoms with van der Waals surface area (Å²) in [4.78, 5) is 0.651. The first-order valence-corrected chi connectivity index (χ1v) is 5.58. The van der Waals surface area contributed by atoms with Crippen LogP contribution in [0, 0.1) is 11.6 Å². The molecule has 0 aliphatic heterocycles. The summed E-state index contributed by atoms with van der Waals surface area (Å²) in [7, 11) is 0. The van der Waals surface area contributed by atoms with Crippen LogP contribution in [0.15, 0.2) is 23.1 Å². The van der Waals surface area contributed by atoms with E-state index in [1.807, 2.05) is 0 Å². The predicted octanol–water partition coefficient (Wildman–Crippen LogP) is 1.77. The maximum Gasteiger partial charge on any atom is 0.159 e. The summed E-state index contributed by atoms with van der Waals surface area (Å²) in [6, 6.07) is 3.75. The number of rotatable bonds is 5. The zero-order valence-corrected chi connectivity index (χ0v) is 8.94. The zero-order valence-electron chi connectivity index (χ0n) is 8.12. The van der Waals surface area contributed by atoms with E-state index in [1.54, 1.807) is 0 Å². The number of benzene rings is 1. The van der Waals surface area contributed by atoms with Gasteiger partial charge in [0.05, 0.1) is 6.10 Å². The molecule has 15 heavy (non-hydrogen) atoms. The van der Waals surface area contributed by atoms with Crippen LogP contribution in [0.2, 0.25) is 0 Å². The molecule has 3 N–H and O–H groups in total. The Labute approximate surface area is 91.5 Å². The van der Waals surface area contributed by atoms with Crippen LogP contribution >= 0.6 is 11.8 Å². The minimum atomic E-state index is -0.848. The molecule has 0 aliphatic carbocycles. The Balaban J connectivity index is 2.41. The molecule has 1 unspecified atom stereocenters. The van der Waals surface area contributed by atoms with Crippen molar-refractivity contribution in [3.05, 3.63) is 29.8 Å². The molecule has 0 aromatic heterocycles. The summed E-state index contributed by atoms with van der Waals surface area (Å²) in [5.74, 6) is -1.07. The molecule has 0 fully saturated rings. The molecule has 0 amide bonds. The zero-order chi connectivity index (χ0) is 11.3. The van der Waals surface area contributed by atoms with Gasteiger partial charge in [-0.05, 0) is 24.6 Å². The van der Waals surface area contributed by atoms with Gasteiger partial charge in [-0.2, -0.15) is 0 Å². The molecule has 1 aromatic rings. The Morgan fingerprint density at radius 3 is 2.67 bits per heavy atom. The summed E-state index contributed by atoms with van der Waals surface area (Å²) in [6.45, 7) is 0.221. The molecule has 1 rings (SSSR count). The summed E-state index contributed by atoms with van der Waals surface area (Å²) in [6.07, 6.45) is 0.0166. The summed E-state index contributed by atoms with van der Waals surface area (Å²) in [5, 5.41) is 9.16. The second-order valence-corrected chi connectivity index (χ2v) is 4.27. The van der Waals surface area contributed by atoms with E-state index in [1.165, 1.54) is 17.8 Å². The van der Waals surface area contributed by atoms with Gasteiger partial charge in [0, 0.05) is 17.2 Å². The second-order valence-electron chi connectivity index (χ2n) is 3.10. The van der Waals surface area contributed by atoms with Crippen molar-refractivity contribution in [2.45, 2.75) is 17.4 Å². The Bertz CT molecular complexity index is 322. The third kappa shape index (κ3) is 4.15. The van der Waals surface area contributed by atoms with Gasteiger partial charge >= 0.3 is 0 Å². The SMILES string of the molecule is NCC(O)CCSc1ccc(F)c(F)c1. The van der Waals surface area contributed by atoms with Gasteiger partial charge in [0.2, 0.25) is 0 Å². The lowest BCUT2D eigenvalue weighted by molar-refractivity contribution is 0.180. The molecule has 1 atom stereocenters. The molecule has 0 bridgehead atoms. The lowest BCUT2D eigenvalue weighted by Crippen LogP contribution is -2.19. The van der Waals surface area contributed by atoms with E-state index in [2.05, 4.69) is 0 Å². The van der Waals surface area contributed by atoms with E-state index in [-0.39, 0.29) is 6.54 Å². The molecular weight excluding hydrogens is 220 g/mol. The van der Waals surface area contributed by atoms with E-state index in [9.17, 15) is 8.78 Å². The van der Waals surface area contributed by atoms with Gasteiger partial charge in [0.15, 0.2) is 11.6 Å². The topological polar surface area (TPSA) is 46.2 Å². The lowest BCUT2D eigenvalue weighted by Gasteiger charge is -2.06. The number of nitrogens with two attached hydrogens (primary N) is 1. The van der Waals surface area contributed by atoms with Crippen molar-refractivity contribution in [1.82, 2.24) is 0 Å². The van der Waals surface area contributed by atoms with Crippen molar-refractivity contribution >= 4 is 11.8 Å². The van der Waals surface area contributed by atoms with Gasteiger partial charge < -0.3 is 10.8 Å². The number of halogens is 2. The summed E-state index contributed by atoms with van der Waals surface area (Å²) in [5.41, 5.74) is 5.23. The molecule has 0 spiro atoms. The maximum atomic E-state index is 12.8. The summed E-state index contributed by atoms with van der Waals surface area (Å²) < 4.78 is 25.3. The molecule has 5 heteroatoms. The largest absolute Gasteiger partial charge is 0.392 e. The van der Waals surface area contributed by atoms with Gasteiger partial charge in [-0.1, -0.05) is 0 Å². The van der Waals surface area contributed by atoms with Crippen molar-refractivity contribution in [1.29, 1.82) is 0 Å². The molecule has 0 radical (unpaired) electrons. The van der Waals surface area contributed by atoms with E-state index >= 15 is 0 Å². The van der Waals surface area contributed by atoms with Crippen LogP contribution in [0.5, 0.6) is 0 Å². The fraction of sp³-hybridized carbons (Fsp3) is 0.400. The van der Waals surface area contributed by atoms with Gasteiger partial charge in [0.1, 0.15) is 0 Å². The van der Waals surface area contributed by atoms with Crippen LogP contribution in [0.1, 0.15) is 6.42 Å². The van der Waals surface area contributed by atoms with E-state index in [4.69, 9.17) is 10.8 Å². The third-order valence-electron chi connectivity index (χ3n) is 1.88. The van der Waals surface area contributed by atoms with Gasteiger partial charge in [-0.3, -0.25) is 0 Å². The van der Waals surface area contributed by atoms with Crippen molar-refractivity contribution in [3.8, 4) is 0 Å². The average molecular weight is 233 g/mol. The highest BCUT2D eigenvalue weighted by atomic mass is 32.2. The summed E-state index contributed by atoms with van der Waals surface area (Å²) >= 11 is 1.36. The molecule has 0 saturated carbocycles. The molecular formula is C10H13F2NOS. The molecule has 2 nitrogen and oxygen atoms in total. The van der Waals surface area contributed by atoms with E-state index in [0.717, 1.165) is 12.1 Å². The minimum absolute atomic E-state index is 0.221. The minimum Gasteiger partial charge on any atom is -0.392 e. The first-order valence-electron chi connectivity index (χ1n) is 4.59. The number of hydrogen-bond donors (Lipinski definition) is 2. The number of thioether (sulfide) groups is 1. The quantitative estimate of drug-likeness (QED) is 0.762. The van der Waals surface area contributed by atoms with Gasteiger partial charge in [-0.25, -0.2) is 8.78 Å². The van der Waals surface area contributed by atoms with E-state index < -0.39 is 17.7 Å². The van der Waals surface area contributed by atoms with Crippen LogP contribution in [0.4, 0.5) is 8.78 Å². The first-order chi connectivity index (χ1) is 7.13. The smallest absolute Gasteiger partial charge is 0.159 e. The monoisotopic (exact) mass is 233 g/mol. The molecule has 0 saturated heterocycles. The average Bonchev–Trinajstić information content (AvgIpc) is 2.23. The number of aliphatic hydroxyl groups excluding tert-OH is 1. The number of hydrogen-bond acceptors (Lipinski definition) is 3. The van der Waals surface area contributed by atoms with Crippen LogP contribution < -0.4 is 5.73 Å². The fourth-order valence-corrected chi connectivity index (χ4v) is 1.97. The van der Waals surface area contributed by atoms with E-state index in [0.29, 0.717) is 17.1 Å². The van der Waals surface area contributed by atoms with Crippen molar-refractivity contribution < 1.29 is 13.9 Å². The Hall–Kier alpha value is -0.650. The number of aliphatic hydroxyl groups is 1. The standard InChI is InChI=1S/C10H13F2NOS/c11-9-2-1-8(5-10(9)12)15-4-3-7(14)6-13/h1-2,5,7,14H,3-4,6,13H2. The predicted molar refractivity (Wildman–Crippen MR) is 56.8 cm³/mol. The Morgan fingerprint density at radius 2 is 2.07 bits per heavy atom. The van der Waals surface area contributed by atoms with Crippen molar-refractivity contribution in [2.75, 3.05) is 12.3 Å². The van der Waals surface area contributed by atoms with Crippen LogP contribution in [0.3, 0.4) is 0 Å². The molecule has 84 valence electrons. The third-order valence-corrected chi connectivity index (χ3v) is 2.91. The molecule has 0 heterocycles. The highest BCUT2D eigenvalue weighted by molar-refractivity contribution is 7.99. The Kier molecular flexibility index (Phi) is 5.01. The van der Waals surface area contributed by atoms with Crippen molar-refractivity contribution in [3.63, 3.8) is 0 Å². The molecule has 0 aliphatic rings. The first kappa shape index (κ1) is 12.4. The van der Waals surface area contributed by atoms with Gasteiger partial charge in [-0.15, -0.1) is 11.8 Å². The van der Waals surface area contributed by atoms with Crippen LogP contribution in [0.25, 0.3) is 0 Å². The highest BCUT2D eigenvalue weighted by Gasteiger charge is 2.04. The van der Waals surface area contributed by atoms with Crippen LogP contribution in [-0.2, 0) is 0 Å². The van der Waals surface area contributed by atoms with Crippen LogP contribution in [-0.4, -0.2) is 23.5 Å².